The van der Waals surface area contributed by atoms with Gasteiger partial charge in [-0.05, 0) is 12.8 Å². The molecule has 0 aliphatic carbocycles. The number of aryl methyl sites for hydroxylation is 1. The lowest BCUT2D eigenvalue weighted by Crippen LogP contribution is -2.37. The first-order chi connectivity index (χ1) is 12.2. The summed E-state index contributed by atoms with van der Waals surface area (Å²) in [7, 11) is 3.19. The van der Waals surface area contributed by atoms with Crippen molar-refractivity contribution in [3.05, 3.63) is 24.4 Å². The first-order valence-electron chi connectivity index (χ1n) is 8.05. The zero-order valence-corrected chi connectivity index (χ0v) is 14.0. The molecule has 1 aliphatic heterocycles. The molecule has 4 rings (SSSR count). The maximum absolute atomic E-state index is 11.6. The lowest BCUT2D eigenvalue weighted by Gasteiger charge is -2.33. The van der Waals surface area contributed by atoms with E-state index in [0.29, 0.717) is 0 Å². The van der Waals surface area contributed by atoms with Gasteiger partial charge in [-0.1, -0.05) is 5.21 Å². The Bertz CT molecular complexity index is 917. The van der Waals surface area contributed by atoms with Crippen LogP contribution in [0.4, 0.5) is 5.82 Å². The number of piperidine rings is 1. The molecule has 0 amide bonds. The predicted octanol–water partition coefficient (Wildman–Crippen LogP) is 0.583. The van der Waals surface area contributed by atoms with Crippen LogP contribution in [-0.2, 0) is 11.8 Å². The molecule has 0 N–H and O–H groups in total. The number of rotatable bonds is 3. The van der Waals surface area contributed by atoms with Gasteiger partial charge in [-0.2, -0.15) is 5.10 Å². The molecule has 0 radical (unpaired) electrons. The number of hydrogen-bond acceptors (Lipinski definition) is 8. The van der Waals surface area contributed by atoms with E-state index in [2.05, 4.69) is 35.0 Å². The van der Waals surface area contributed by atoms with E-state index in [0.717, 1.165) is 42.8 Å². The van der Waals surface area contributed by atoms with Gasteiger partial charge >= 0.3 is 5.97 Å². The normalized spacial score (nSPS) is 17.8. The van der Waals surface area contributed by atoms with Crippen molar-refractivity contribution in [3.63, 3.8) is 0 Å². The number of hydrogen-bond donors (Lipinski definition) is 0. The minimum atomic E-state index is -0.480. The van der Waals surface area contributed by atoms with E-state index >= 15 is 0 Å². The second-order valence-electron chi connectivity index (χ2n) is 6.02. The average molecular weight is 342 g/mol. The van der Waals surface area contributed by atoms with E-state index in [4.69, 9.17) is 0 Å². The molecule has 0 aromatic carbocycles. The molecule has 1 atom stereocenters. The quantitative estimate of drug-likeness (QED) is 0.637. The molecule has 10 heteroatoms. The van der Waals surface area contributed by atoms with Crippen LogP contribution in [-0.4, -0.2) is 60.9 Å². The van der Waals surface area contributed by atoms with E-state index < -0.39 is 5.97 Å². The fourth-order valence-corrected chi connectivity index (χ4v) is 3.22. The van der Waals surface area contributed by atoms with Gasteiger partial charge in [-0.15, -0.1) is 5.10 Å². The monoisotopic (exact) mass is 342 g/mol. The molecule has 1 aliphatic rings. The number of anilines is 1. The molecule has 10 nitrogen and oxygen atoms in total. The summed E-state index contributed by atoms with van der Waals surface area (Å²) in [5.74, 6) is 0.392. The Balaban J connectivity index is 1.60. The van der Waals surface area contributed by atoms with E-state index in [1.807, 2.05) is 7.05 Å². The molecule has 0 unspecified atom stereocenters. The Labute approximate surface area is 143 Å². The van der Waals surface area contributed by atoms with E-state index in [-0.39, 0.29) is 11.7 Å². The molecular weight excluding hydrogens is 324 g/mol. The zero-order valence-electron chi connectivity index (χ0n) is 14.0. The standard InChI is InChI=1S/C15H18N8O2/c1-21-13-11(6-18-21)14(17-9-16-13)22-5-3-4-10(7-22)23-8-12(19-20-23)15(24)25-2/h6,8-10H,3-5,7H2,1-2H3/t10-/m1/s1. The van der Waals surface area contributed by atoms with Crippen molar-refractivity contribution >= 4 is 22.8 Å². The summed E-state index contributed by atoms with van der Waals surface area (Å²) < 4.78 is 8.16. The smallest absolute Gasteiger partial charge is 0.360 e. The zero-order chi connectivity index (χ0) is 17.4. The fraction of sp³-hybridized carbons (Fsp3) is 0.467. The second kappa shape index (κ2) is 6.11. The number of nitrogens with zero attached hydrogens (tertiary/aromatic N) is 8. The fourth-order valence-electron chi connectivity index (χ4n) is 3.22. The van der Waals surface area contributed by atoms with Crippen LogP contribution in [0.1, 0.15) is 29.4 Å². The number of methoxy groups -OCH3 is 1. The van der Waals surface area contributed by atoms with Crippen molar-refractivity contribution in [2.75, 3.05) is 25.1 Å². The third-order valence-corrected chi connectivity index (χ3v) is 4.48. The topological polar surface area (TPSA) is 104 Å². The Morgan fingerprint density at radius 3 is 3.08 bits per heavy atom. The first kappa shape index (κ1) is 15.5. The number of fused-ring (bicyclic) bond motifs is 1. The SMILES string of the molecule is COC(=O)c1cn([C@@H]2CCCN(c3ncnc4c3cnn4C)C2)nn1. The number of aromatic nitrogens is 7. The number of esters is 1. The summed E-state index contributed by atoms with van der Waals surface area (Å²) >= 11 is 0. The van der Waals surface area contributed by atoms with Gasteiger partial charge < -0.3 is 9.64 Å². The van der Waals surface area contributed by atoms with Crippen LogP contribution < -0.4 is 4.90 Å². The van der Waals surface area contributed by atoms with Crippen molar-refractivity contribution in [1.29, 1.82) is 0 Å². The van der Waals surface area contributed by atoms with Gasteiger partial charge in [0.2, 0.25) is 0 Å². The van der Waals surface area contributed by atoms with Crippen LogP contribution in [0.3, 0.4) is 0 Å². The van der Waals surface area contributed by atoms with Gasteiger partial charge in [-0.25, -0.2) is 19.4 Å². The van der Waals surface area contributed by atoms with Crippen molar-refractivity contribution in [2.45, 2.75) is 18.9 Å². The Hall–Kier alpha value is -3.04. The lowest BCUT2D eigenvalue weighted by atomic mass is 10.1. The highest BCUT2D eigenvalue weighted by Gasteiger charge is 2.26. The number of carbonyl (C=O) groups is 1. The highest BCUT2D eigenvalue weighted by molar-refractivity contribution is 5.87. The highest BCUT2D eigenvalue weighted by atomic mass is 16.5. The van der Waals surface area contributed by atoms with Crippen LogP contribution >= 0.6 is 0 Å². The molecule has 3 aromatic rings. The number of ether oxygens (including phenoxy) is 1. The van der Waals surface area contributed by atoms with Crippen molar-refractivity contribution in [3.8, 4) is 0 Å². The largest absolute Gasteiger partial charge is 0.464 e. The molecule has 1 saturated heterocycles. The lowest BCUT2D eigenvalue weighted by molar-refractivity contribution is 0.0594. The maximum Gasteiger partial charge on any atom is 0.360 e. The molecule has 0 bridgehead atoms. The molecule has 0 saturated carbocycles. The van der Waals surface area contributed by atoms with Crippen LogP contribution in [0.25, 0.3) is 11.0 Å². The summed E-state index contributed by atoms with van der Waals surface area (Å²) in [5.41, 5.74) is 1.03. The summed E-state index contributed by atoms with van der Waals surface area (Å²) in [6, 6.07) is 0.112. The predicted molar refractivity (Wildman–Crippen MR) is 88.1 cm³/mol. The molecule has 0 spiro atoms. The summed E-state index contributed by atoms with van der Waals surface area (Å²) in [6.07, 6.45) is 6.94. The summed E-state index contributed by atoms with van der Waals surface area (Å²) in [4.78, 5) is 22.5. The maximum atomic E-state index is 11.6. The number of carbonyl (C=O) groups excluding carboxylic acids is 1. The Morgan fingerprint density at radius 2 is 2.24 bits per heavy atom. The molecule has 1 fully saturated rings. The minimum absolute atomic E-state index is 0.112. The van der Waals surface area contributed by atoms with Gasteiger partial charge in [0.1, 0.15) is 12.1 Å². The molecule has 25 heavy (non-hydrogen) atoms. The average Bonchev–Trinajstić information content (AvgIpc) is 3.29. The van der Waals surface area contributed by atoms with Crippen LogP contribution in [0.2, 0.25) is 0 Å². The van der Waals surface area contributed by atoms with Gasteiger partial charge in [0.05, 0.1) is 30.9 Å². The second-order valence-corrected chi connectivity index (χ2v) is 6.02. The summed E-state index contributed by atoms with van der Waals surface area (Å²) in [6.45, 7) is 1.63. The van der Waals surface area contributed by atoms with Gasteiger partial charge in [0.25, 0.3) is 0 Å². The van der Waals surface area contributed by atoms with Crippen molar-refractivity contribution in [2.24, 2.45) is 7.05 Å². The third kappa shape index (κ3) is 2.69. The molecule has 4 heterocycles. The van der Waals surface area contributed by atoms with Gasteiger partial charge in [0.15, 0.2) is 11.3 Å². The molecular formula is C15H18N8O2. The Morgan fingerprint density at radius 1 is 1.36 bits per heavy atom. The summed E-state index contributed by atoms with van der Waals surface area (Å²) in [5, 5.41) is 13.2. The van der Waals surface area contributed by atoms with Crippen LogP contribution in [0, 0.1) is 0 Å². The van der Waals surface area contributed by atoms with Gasteiger partial charge in [0, 0.05) is 20.1 Å². The minimum Gasteiger partial charge on any atom is -0.464 e. The van der Waals surface area contributed by atoms with Crippen LogP contribution in [0.5, 0.6) is 0 Å². The van der Waals surface area contributed by atoms with E-state index in [1.165, 1.54) is 7.11 Å². The van der Waals surface area contributed by atoms with Crippen molar-refractivity contribution in [1.82, 2.24) is 34.7 Å². The van der Waals surface area contributed by atoms with E-state index in [9.17, 15) is 4.79 Å². The molecule has 3 aromatic heterocycles. The van der Waals surface area contributed by atoms with E-state index in [1.54, 1.807) is 28.1 Å². The van der Waals surface area contributed by atoms with Crippen molar-refractivity contribution < 1.29 is 9.53 Å². The van der Waals surface area contributed by atoms with Crippen LogP contribution in [0.15, 0.2) is 18.7 Å². The first-order valence-corrected chi connectivity index (χ1v) is 8.05. The third-order valence-electron chi connectivity index (χ3n) is 4.48. The Kier molecular flexibility index (Phi) is 3.79. The highest BCUT2D eigenvalue weighted by Crippen LogP contribution is 2.28. The van der Waals surface area contributed by atoms with Gasteiger partial charge in [-0.3, -0.25) is 4.68 Å². The molecule has 130 valence electrons.